The molecule has 1 aromatic heterocycles. The van der Waals surface area contributed by atoms with Crippen molar-refractivity contribution in [3.8, 4) is 0 Å². The van der Waals surface area contributed by atoms with E-state index in [0.717, 1.165) is 24.2 Å². The second-order valence-electron chi connectivity index (χ2n) is 7.14. The van der Waals surface area contributed by atoms with E-state index in [4.69, 9.17) is 10.7 Å². The van der Waals surface area contributed by atoms with Gasteiger partial charge in [0.15, 0.2) is 0 Å². The van der Waals surface area contributed by atoms with Crippen LogP contribution in [0.4, 0.5) is 5.82 Å². The van der Waals surface area contributed by atoms with Crippen LogP contribution in [0.15, 0.2) is 48.5 Å². The third-order valence-corrected chi connectivity index (χ3v) is 5.41. The number of primary amides is 1. The fourth-order valence-corrected chi connectivity index (χ4v) is 3.74. The molecular weight excluding hydrogens is 350 g/mol. The summed E-state index contributed by atoms with van der Waals surface area (Å²) in [6.07, 6.45) is 1.91. The summed E-state index contributed by atoms with van der Waals surface area (Å²) in [4.78, 5) is 23.8. The normalized spacial score (nSPS) is 17.1. The Hall–Kier alpha value is -2.99. The van der Waals surface area contributed by atoms with Gasteiger partial charge < -0.3 is 10.6 Å². The van der Waals surface area contributed by atoms with Crippen molar-refractivity contribution in [2.45, 2.75) is 38.9 Å². The molecule has 0 aliphatic carbocycles. The Morgan fingerprint density at radius 3 is 2.57 bits per heavy atom. The number of hydrogen-bond acceptors (Lipinski definition) is 5. The lowest BCUT2D eigenvalue weighted by molar-refractivity contribution is 0.100. The molecule has 3 aromatic rings. The third kappa shape index (κ3) is 3.20. The zero-order valence-corrected chi connectivity index (χ0v) is 16.2. The highest BCUT2D eigenvalue weighted by molar-refractivity contribution is 6.07. The molecule has 0 saturated carbocycles. The van der Waals surface area contributed by atoms with Crippen molar-refractivity contribution in [3.63, 3.8) is 0 Å². The largest absolute Gasteiger partial charge is 0.366 e. The number of hydrogen-bond donors (Lipinski definition) is 2. The quantitative estimate of drug-likeness (QED) is 0.691. The van der Waals surface area contributed by atoms with E-state index in [9.17, 15) is 4.79 Å². The summed E-state index contributed by atoms with van der Waals surface area (Å²) in [5, 5.41) is 4.36. The second kappa shape index (κ2) is 7.56. The van der Waals surface area contributed by atoms with E-state index in [1.54, 1.807) is 6.07 Å². The highest BCUT2D eigenvalue weighted by atomic mass is 16.1. The predicted molar refractivity (Wildman–Crippen MR) is 111 cm³/mol. The number of carbonyl (C=O) groups is 1. The van der Waals surface area contributed by atoms with Crippen LogP contribution in [0.25, 0.3) is 10.9 Å². The second-order valence-corrected chi connectivity index (χ2v) is 7.14. The first-order chi connectivity index (χ1) is 13.6. The molecule has 1 aliphatic rings. The summed E-state index contributed by atoms with van der Waals surface area (Å²) in [6, 6.07) is 16.1. The molecule has 2 atom stereocenters. The highest BCUT2D eigenvalue weighted by Gasteiger charge is 2.32. The molecule has 0 spiro atoms. The lowest BCUT2D eigenvalue weighted by Gasteiger charge is -2.43. The average molecular weight is 375 g/mol. The van der Waals surface area contributed by atoms with Crippen molar-refractivity contribution >= 4 is 22.6 Å². The lowest BCUT2D eigenvalue weighted by Crippen LogP contribution is -2.56. The summed E-state index contributed by atoms with van der Waals surface area (Å²) in [6.45, 7) is 5.19. The molecule has 1 amide bonds. The van der Waals surface area contributed by atoms with Gasteiger partial charge in [-0.2, -0.15) is 0 Å². The van der Waals surface area contributed by atoms with Crippen molar-refractivity contribution < 1.29 is 4.79 Å². The molecule has 6 nitrogen and oxygen atoms in total. The summed E-state index contributed by atoms with van der Waals surface area (Å²) in [5.41, 5.74) is 7.90. The number of rotatable bonds is 6. The Labute approximate surface area is 164 Å². The number of aromatic nitrogens is 2. The molecule has 3 N–H and O–H groups in total. The molecule has 2 aromatic carbocycles. The SMILES string of the molecule is CCc1nc(N(C2CCN2)[C@@H](C)c2ccccc2)c2cccc(C(N)=O)c2n1. The van der Waals surface area contributed by atoms with Crippen LogP contribution >= 0.6 is 0 Å². The van der Waals surface area contributed by atoms with E-state index >= 15 is 0 Å². The van der Waals surface area contributed by atoms with E-state index in [-0.39, 0.29) is 12.2 Å². The molecule has 0 bridgehead atoms. The van der Waals surface area contributed by atoms with Gasteiger partial charge in [-0.1, -0.05) is 43.3 Å². The van der Waals surface area contributed by atoms with E-state index in [0.29, 0.717) is 23.3 Å². The van der Waals surface area contributed by atoms with Crippen LogP contribution in [-0.4, -0.2) is 28.6 Å². The summed E-state index contributed by atoms with van der Waals surface area (Å²) in [7, 11) is 0. The van der Waals surface area contributed by atoms with Gasteiger partial charge in [-0.05, 0) is 31.0 Å². The van der Waals surface area contributed by atoms with Crippen LogP contribution in [0, 0.1) is 0 Å². The third-order valence-electron chi connectivity index (χ3n) is 5.41. The first-order valence-corrected chi connectivity index (χ1v) is 9.76. The van der Waals surface area contributed by atoms with Gasteiger partial charge in [0, 0.05) is 18.4 Å². The minimum atomic E-state index is -0.471. The number of nitrogens with two attached hydrogens (primary N) is 1. The van der Waals surface area contributed by atoms with Crippen LogP contribution in [0.1, 0.15) is 48.1 Å². The van der Waals surface area contributed by atoms with Crippen LogP contribution in [0.2, 0.25) is 0 Å². The Morgan fingerprint density at radius 1 is 1.21 bits per heavy atom. The molecule has 4 rings (SSSR count). The average Bonchev–Trinajstić information content (AvgIpc) is 2.69. The van der Waals surface area contributed by atoms with Crippen molar-refractivity contribution in [3.05, 3.63) is 65.5 Å². The van der Waals surface area contributed by atoms with Crippen molar-refractivity contribution in [1.82, 2.24) is 15.3 Å². The first-order valence-electron chi connectivity index (χ1n) is 9.76. The highest BCUT2D eigenvalue weighted by Crippen LogP contribution is 2.35. The maximum absolute atomic E-state index is 12.0. The molecule has 144 valence electrons. The van der Waals surface area contributed by atoms with E-state index in [1.807, 2.05) is 25.1 Å². The molecule has 0 radical (unpaired) electrons. The van der Waals surface area contributed by atoms with Crippen molar-refractivity contribution in [2.75, 3.05) is 11.4 Å². The van der Waals surface area contributed by atoms with Gasteiger partial charge in [0.1, 0.15) is 11.6 Å². The minimum Gasteiger partial charge on any atom is -0.366 e. The van der Waals surface area contributed by atoms with E-state index in [2.05, 4.69) is 46.4 Å². The molecule has 1 aliphatic heterocycles. The first kappa shape index (κ1) is 18.4. The summed E-state index contributed by atoms with van der Waals surface area (Å²) >= 11 is 0. The van der Waals surface area contributed by atoms with Gasteiger partial charge in [-0.3, -0.25) is 10.1 Å². The zero-order valence-electron chi connectivity index (χ0n) is 16.2. The number of nitrogens with one attached hydrogen (secondary N) is 1. The Balaban J connectivity index is 1.93. The van der Waals surface area contributed by atoms with Crippen LogP contribution in [-0.2, 0) is 6.42 Å². The lowest BCUT2D eigenvalue weighted by atomic mass is 10.0. The van der Waals surface area contributed by atoms with Gasteiger partial charge in [0.25, 0.3) is 5.91 Å². The molecule has 1 fully saturated rings. The van der Waals surface area contributed by atoms with E-state index < -0.39 is 5.91 Å². The number of nitrogens with zero attached hydrogens (tertiary/aromatic N) is 3. The van der Waals surface area contributed by atoms with Gasteiger partial charge in [-0.15, -0.1) is 0 Å². The van der Waals surface area contributed by atoms with Gasteiger partial charge in [0.2, 0.25) is 0 Å². The smallest absolute Gasteiger partial charge is 0.250 e. The van der Waals surface area contributed by atoms with Crippen LogP contribution in [0.3, 0.4) is 0 Å². The molecule has 6 heteroatoms. The van der Waals surface area contributed by atoms with Crippen LogP contribution < -0.4 is 16.0 Å². The maximum Gasteiger partial charge on any atom is 0.250 e. The number of benzene rings is 2. The number of carbonyl (C=O) groups excluding carboxylic acids is 1. The van der Waals surface area contributed by atoms with Crippen molar-refractivity contribution in [2.24, 2.45) is 5.73 Å². The summed E-state index contributed by atoms with van der Waals surface area (Å²) in [5.74, 6) is 1.08. The van der Waals surface area contributed by atoms with Gasteiger partial charge in [0.05, 0.1) is 23.3 Å². The summed E-state index contributed by atoms with van der Waals surface area (Å²) < 4.78 is 0. The number of amides is 1. The predicted octanol–water partition coefficient (Wildman–Crippen LogP) is 3.18. The molecule has 1 saturated heterocycles. The minimum absolute atomic E-state index is 0.110. The van der Waals surface area contributed by atoms with Crippen molar-refractivity contribution in [1.29, 1.82) is 0 Å². The topological polar surface area (TPSA) is 84.1 Å². The number of para-hydroxylation sites is 1. The Morgan fingerprint density at radius 2 is 1.96 bits per heavy atom. The molecule has 28 heavy (non-hydrogen) atoms. The maximum atomic E-state index is 12.0. The fraction of sp³-hybridized carbons (Fsp3) is 0.318. The van der Waals surface area contributed by atoms with Gasteiger partial charge in [-0.25, -0.2) is 9.97 Å². The zero-order chi connectivity index (χ0) is 19.7. The molecule has 1 unspecified atom stereocenters. The Kier molecular flexibility index (Phi) is 4.96. The Bertz CT molecular complexity index is 1000. The monoisotopic (exact) mass is 375 g/mol. The number of fused-ring (bicyclic) bond motifs is 1. The number of anilines is 1. The van der Waals surface area contributed by atoms with Crippen LogP contribution in [0.5, 0.6) is 0 Å². The van der Waals surface area contributed by atoms with E-state index in [1.165, 1.54) is 5.56 Å². The fourth-order valence-electron chi connectivity index (χ4n) is 3.74. The molecule has 2 heterocycles. The number of aryl methyl sites for hydroxylation is 1. The molecular formula is C22H25N5O. The van der Waals surface area contributed by atoms with Gasteiger partial charge >= 0.3 is 0 Å². The standard InChI is InChI=1S/C22H25N5O/c1-3-18-25-20-16(21(23)28)10-7-11-17(20)22(26-18)27(19-12-13-24-19)14(2)15-8-5-4-6-9-15/h4-11,14,19,24H,3,12-13H2,1-2H3,(H2,23,28)/t14-,19?/m0/s1.